The lowest BCUT2D eigenvalue weighted by atomic mass is 9.95. The molecule has 4 N–H and O–H groups in total. The van der Waals surface area contributed by atoms with Gasteiger partial charge >= 0.3 is 35.3 Å². The molecule has 4 atom stereocenters. The van der Waals surface area contributed by atoms with Crippen molar-refractivity contribution in [2.45, 2.75) is 24.1 Å². The molecule has 1 fully saturated rings. The van der Waals surface area contributed by atoms with E-state index in [1.807, 2.05) is 0 Å². The first-order chi connectivity index (χ1) is 15.0. The number of benzene rings is 2. The van der Waals surface area contributed by atoms with Crippen LogP contribution in [-0.2, 0) is 31.6 Å². The molecule has 3 rings (SSSR count). The predicted octanol–water partition coefficient (Wildman–Crippen LogP) is 3.89. The molecule has 0 amide bonds. The van der Waals surface area contributed by atoms with Crippen molar-refractivity contribution in [2.75, 3.05) is 6.61 Å². The Hall–Kier alpha value is -1.21. The van der Waals surface area contributed by atoms with E-state index in [0.29, 0.717) is 5.39 Å². The van der Waals surface area contributed by atoms with E-state index < -0.39 is 54.1 Å². The number of phosphoric ester groups is 1. The summed E-state index contributed by atoms with van der Waals surface area (Å²) in [6, 6.07) is 10.1. The summed E-state index contributed by atoms with van der Waals surface area (Å²) in [4.78, 5) is 35.4. The zero-order valence-electron chi connectivity index (χ0n) is 15.9. The summed E-state index contributed by atoms with van der Waals surface area (Å²) < 4.78 is 107. The largest absolute Gasteiger partial charge is 0.490 e. The van der Waals surface area contributed by atoms with E-state index in [-0.39, 0.29) is 10.9 Å². The molecule has 0 bridgehead atoms. The molecule has 1 aliphatic heterocycles. The van der Waals surface area contributed by atoms with Gasteiger partial charge < -0.3 is 24.3 Å². The van der Waals surface area contributed by atoms with Crippen LogP contribution in [0.4, 0.5) is 17.6 Å². The van der Waals surface area contributed by atoms with E-state index in [0.717, 1.165) is 6.07 Å². The quantitative estimate of drug-likeness (QED) is 0.283. The first kappa shape index (κ1) is 26.4. The summed E-state index contributed by atoms with van der Waals surface area (Å²) >= 11 is 0. The van der Waals surface area contributed by atoms with Crippen molar-refractivity contribution in [3.8, 4) is 0 Å². The number of hydrogen-bond donors (Lipinski definition) is 4. The van der Waals surface area contributed by atoms with E-state index in [2.05, 4.69) is 13.1 Å². The molecule has 18 heteroatoms. The number of fused-ring (bicyclic) bond motifs is 1. The van der Waals surface area contributed by atoms with E-state index in [4.69, 9.17) is 19.4 Å². The molecule has 1 heterocycles. The topological polar surface area (TPSA) is 169 Å². The van der Waals surface area contributed by atoms with E-state index >= 15 is 0 Å². The Morgan fingerprint density at radius 1 is 0.848 bits per heavy atom. The van der Waals surface area contributed by atoms with Gasteiger partial charge in [-0.25, -0.2) is 13.7 Å². The summed E-state index contributed by atoms with van der Waals surface area (Å²) in [5, 5.41) is 0.642. The van der Waals surface area contributed by atoms with Crippen molar-refractivity contribution in [3.05, 3.63) is 48.0 Å². The van der Waals surface area contributed by atoms with Crippen LogP contribution in [0.3, 0.4) is 0 Å². The van der Waals surface area contributed by atoms with Crippen molar-refractivity contribution in [3.63, 3.8) is 0 Å². The van der Waals surface area contributed by atoms with Gasteiger partial charge in [0.15, 0.2) is 12.2 Å². The number of hydrogen-bond acceptors (Lipinski definition) is 7. The van der Waals surface area contributed by atoms with Gasteiger partial charge in [0.1, 0.15) is 0 Å². The third-order valence-electron chi connectivity index (χ3n) is 4.39. The number of phosphoric acid groups is 3. The summed E-state index contributed by atoms with van der Waals surface area (Å²) in [5.74, 6) is -9.73. The standard InChI is InChI=1S/C15H15F4O11P3/c16-14(17)12(8-27-32(23,24)30-33(25,26)29-31(20,21)22)28-13(15(14,18)19)11-7-3-5-9-4-1-2-6-10(9)11/h1-7,12-13H,8H2,(H,23,24)(H,25,26)(H2,20,21,22)/t12-,13+/m1/s1. The minimum absolute atomic E-state index is 0.189. The second kappa shape index (κ2) is 8.78. The maximum atomic E-state index is 14.6. The maximum Gasteiger partial charge on any atom is 0.490 e. The molecule has 0 radical (unpaired) electrons. The summed E-state index contributed by atoms with van der Waals surface area (Å²) in [5.41, 5.74) is -0.293. The lowest BCUT2D eigenvalue weighted by Crippen LogP contribution is -2.45. The SMILES string of the molecule is O=P(O)(O)OP(=O)(O)OP(=O)(O)OC[C@H]1O[C@@H](c2cccc3ccccc23)C(F)(F)C1(F)F. The third kappa shape index (κ3) is 5.72. The van der Waals surface area contributed by atoms with Crippen LogP contribution in [0, 0.1) is 0 Å². The van der Waals surface area contributed by atoms with Gasteiger partial charge in [0, 0.05) is 0 Å². The Labute approximate surface area is 182 Å². The zero-order chi connectivity index (χ0) is 24.9. The fraction of sp³-hybridized carbons (Fsp3) is 0.333. The number of rotatable bonds is 8. The van der Waals surface area contributed by atoms with Crippen molar-refractivity contribution >= 4 is 34.2 Å². The van der Waals surface area contributed by atoms with Gasteiger partial charge in [0.2, 0.25) is 0 Å². The summed E-state index contributed by atoms with van der Waals surface area (Å²) in [6.45, 7) is -1.73. The van der Waals surface area contributed by atoms with Gasteiger partial charge in [-0.15, -0.1) is 0 Å². The van der Waals surface area contributed by atoms with Crippen LogP contribution in [0.25, 0.3) is 10.8 Å². The average molecular weight is 540 g/mol. The maximum absolute atomic E-state index is 14.6. The van der Waals surface area contributed by atoms with Gasteiger partial charge in [-0.05, 0) is 16.3 Å². The molecule has 1 aliphatic rings. The van der Waals surface area contributed by atoms with E-state index in [1.54, 1.807) is 18.2 Å². The second-order valence-corrected chi connectivity index (χ2v) is 11.1. The minimum Gasteiger partial charge on any atom is -0.355 e. The Balaban J connectivity index is 1.81. The molecule has 0 aromatic heterocycles. The Morgan fingerprint density at radius 2 is 1.45 bits per heavy atom. The van der Waals surface area contributed by atoms with Crippen LogP contribution in [0.2, 0.25) is 0 Å². The van der Waals surface area contributed by atoms with Crippen LogP contribution in [0.15, 0.2) is 42.5 Å². The van der Waals surface area contributed by atoms with Crippen molar-refractivity contribution < 1.29 is 68.7 Å². The molecule has 2 aromatic rings. The van der Waals surface area contributed by atoms with Gasteiger partial charge in [-0.3, -0.25) is 4.52 Å². The monoisotopic (exact) mass is 540 g/mol. The minimum atomic E-state index is -5.92. The Kier molecular flexibility index (Phi) is 7.02. The first-order valence-electron chi connectivity index (χ1n) is 8.62. The summed E-state index contributed by atoms with van der Waals surface area (Å²) in [6.07, 6.45) is -5.31. The highest BCUT2D eigenvalue weighted by atomic mass is 31.3. The molecule has 1 saturated heterocycles. The predicted molar refractivity (Wildman–Crippen MR) is 101 cm³/mol. The van der Waals surface area contributed by atoms with Crippen LogP contribution in [-0.4, -0.2) is 44.1 Å². The van der Waals surface area contributed by atoms with Crippen LogP contribution < -0.4 is 0 Å². The fourth-order valence-corrected chi connectivity index (χ4v) is 6.10. The van der Waals surface area contributed by atoms with Crippen LogP contribution in [0.1, 0.15) is 11.7 Å². The van der Waals surface area contributed by atoms with Gasteiger partial charge in [-0.1, -0.05) is 42.5 Å². The average Bonchev–Trinajstić information content (AvgIpc) is 2.81. The summed E-state index contributed by atoms with van der Waals surface area (Å²) in [7, 11) is -17.4. The van der Waals surface area contributed by atoms with E-state index in [1.165, 1.54) is 18.2 Å². The molecule has 0 spiro atoms. The third-order valence-corrected chi connectivity index (χ3v) is 8.19. The molecule has 2 unspecified atom stereocenters. The van der Waals surface area contributed by atoms with Crippen LogP contribution >= 0.6 is 23.5 Å². The second-order valence-electron chi connectivity index (χ2n) is 6.71. The highest BCUT2D eigenvalue weighted by Gasteiger charge is 2.73. The molecule has 33 heavy (non-hydrogen) atoms. The molecular weight excluding hydrogens is 525 g/mol. The molecular formula is C15H15F4O11P3. The highest BCUT2D eigenvalue weighted by Crippen LogP contribution is 2.66. The normalized spacial score (nSPS) is 26.1. The zero-order valence-corrected chi connectivity index (χ0v) is 18.6. The van der Waals surface area contributed by atoms with Gasteiger partial charge in [0.05, 0.1) is 6.61 Å². The molecule has 11 nitrogen and oxygen atoms in total. The first-order valence-corrected chi connectivity index (χ1v) is 13.1. The molecule has 0 saturated carbocycles. The molecule has 184 valence electrons. The number of ether oxygens (including phenoxy) is 1. The smallest absolute Gasteiger partial charge is 0.355 e. The van der Waals surface area contributed by atoms with Crippen LogP contribution in [0.5, 0.6) is 0 Å². The lowest BCUT2D eigenvalue weighted by molar-refractivity contribution is -0.201. The molecule has 2 aromatic carbocycles. The lowest BCUT2D eigenvalue weighted by Gasteiger charge is -2.24. The highest BCUT2D eigenvalue weighted by molar-refractivity contribution is 7.66. The van der Waals surface area contributed by atoms with Gasteiger partial charge in [0.25, 0.3) is 0 Å². The fourth-order valence-electron chi connectivity index (χ4n) is 3.08. The van der Waals surface area contributed by atoms with Crippen molar-refractivity contribution in [1.82, 2.24) is 0 Å². The molecule has 0 aliphatic carbocycles. The number of alkyl halides is 4. The Morgan fingerprint density at radius 3 is 2.09 bits per heavy atom. The van der Waals surface area contributed by atoms with Crippen molar-refractivity contribution in [1.29, 1.82) is 0 Å². The van der Waals surface area contributed by atoms with Gasteiger partial charge in [-0.2, -0.15) is 26.2 Å². The Bertz CT molecular complexity index is 1180. The van der Waals surface area contributed by atoms with Crippen molar-refractivity contribution in [2.24, 2.45) is 0 Å². The van der Waals surface area contributed by atoms with E-state index in [9.17, 15) is 36.2 Å². The number of halogens is 4.